The fraction of sp³-hybridized carbons (Fsp3) is 0.125. The zero-order chi connectivity index (χ0) is 8.39. The molecule has 60 valence electrons. The molecule has 2 rings (SSSR count). The average molecular weight is 161 g/mol. The van der Waals surface area contributed by atoms with Gasteiger partial charge in [-0.1, -0.05) is 0 Å². The highest BCUT2D eigenvalue weighted by atomic mass is 15.1. The Bertz CT molecular complexity index is 366. The molecule has 0 atom stereocenters. The summed E-state index contributed by atoms with van der Waals surface area (Å²) in [7, 11) is 1.95. The van der Waals surface area contributed by atoms with E-state index in [4.69, 9.17) is 0 Å². The third kappa shape index (κ3) is 1.07. The van der Waals surface area contributed by atoms with Crippen LogP contribution in [0.15, 0.2) is 30.9 Å². The van der Waals surface area contributed by atoms with Gasteiger partial charge in [0.25, 0.3) is 0 Å². The van der Waals surface area contributed by atoms with Crippen molar-refractivity contribution in [2.45, 2.75) is 0 Å². The molecule has 0 aliphatic carbocycles. The van der Waals surface area contributed by atoms with Crippen molar-refractivity contribution < 1.29 is 4.57 Å². The van der Waals surface area contributed by atoms with Gasteiger partial charge in [-0.15, -0.1) is 0 Å². The standard InChI is InChI=1S/C8H8N4/c1-12-6-5-11-8(12)7-9-3-2-4-10-7/h2-6H,1H3/p+1. The second-order valence-electron chi connectivity index (χ2n) is 2.49. The van der Waals surface area contributed by atoms with Gasteiger partial charge in [-0.2, -0.15) is 0 Å². The maximum absolute atomic E-state index is 4.12. The first kappa shape index (κ1) is 6.97. The normalized spacial score (nSPS) is 10.1. The number of rotatable bonds is 1. The van der Waals surface area contributed by atoms with Gasteiger partial charge in [0, 0.05) is 12.4 Å². The van der Waals surface area contributed by atoms with Crippen LogP contribution in [0.5, 0.6) is 0 Å². The number of hydrogen-bond donors (Lipinski definition) is 1. The van der Waals surface area contributed by atoms with Gasteiger partial charge in [0.15, 0.2) is 0 Å². The van der Waals surface area contributed by atoms with Crippen LogP contribution >= 0.6 is 0 Å². The molecule has 0 aromatic carbocycles. The zero-order valence-electron chi connectivity index (χ0n) is 6.73. The maximum Gasteiger partial charge on any atom is 0.324 e. The van der Waals surface area contributed by atoms with E-state index < -0.39 is 0 Å². The molecule has 0 saturated carbocycles. The first-order valence-electron chi connectivity index (χ1n) is 3.68. The summed E-state index contributed by atoms with van der Waals surface area (Å²) >= 11 is 0. The molecular formula is C8H9N4+. The van der Waals surface area contributed by atoms with E-state index in [0.29, 0.717) is 5.82 Å². The van der Waals surface area contributed by atoms with Crippen LogP contribution in [0.3, 0.4) is 0 Å². The van der Waals surface area contributed by atoms with Crippen LogP contribution in [0.2, 0.25) is 0 Å². The molecular weight excluding hydrogens is 152 g/mol. The lowest BCUT2D eigenvalue weighted by molar-refractivity contribution is -0.659. The summed E-state index contributed by atoms with van der Waals surface area (Å²) in [6.07, 6.45) is 7.23. The Morgan fingerprint density at radius 1 is 1.33 bits per heavy atom. The monoisotopic (exact) mass is 161 g/mol. The number of nitrogens with zero attached hydrogens (tertiary/aromatic N) is 3. The summed E-state index contributed by atoms with van der Waals surface area (Å²) in [5, 5.41) is 0. The second kappa shape index (κ2) is 2.73. The van der Waals surface area contributed by atoms with Crippen molar-refractivity contribution in [2.24, 2.45) is 7.05 Å². The Hall–Kier alpha value is -1.71. The van der Waals surface area contributed by atoms with Crippen molar-refractivity contribution in [2.75, 3.05) is 0 Å². The molecule has 0 amide bonds. The number of aromatic amines is 1. The number of imidazole rings is 1. The molecule has 4 heteroatoms. The van der Waals surface area contributed by atoms with Crippen LogP contribution in [0.4, 0.5) is 0 Å². The number of hydrogen-bond acceptors (Lipinski definition) is 2. The lowest BCUT2D eigenvalue weighted by Crippen LogP contribution is -2.28. The summed E-state index contributed by atoms with van der Waals surface area (Å²) in [5.74, 6) is 1.63. The number of aryl methyl sites for hydroxylation is 1. The summed E-state index contributed by atoms with van der Waals surface area (Å²) in [4.78, 5) is 11.3. The largest absolute Gasteiger partial charge is 0.324 e. The SMILES string of the molecule is C[n+]1cc[nH]c1-c1ncccn1. The second-order valence-corrected chi connectivity index (χ2v) is 2.49. The van der Waals surface area contributed by atoms with E-state index in [2.05, 4.69) is 15.0 Å². The predicted octanol–water partition coefficient (Wildman–Crippen LogP) is 0.296. The van der Waals surface area contributed by atoms with E-state index in [1.165, 1.54) is 0 Å². The Morgan fingerprint density at radius 3 is 2.67 bits per heavy atom. The molecule has 0 aliphatic heterocycles. The summed E-state index contributed by atoms with van der Waals surface area (Å²) in [6.45, 7) is 0. The van der Waals surface area contributed by atoms with Crippen molar-refractivity contribution in [3.8, 4) is 11.6 Å². The topological polar surface area (TPSA) is 45.5 Å². The van der Waals surface area contributed by atoms with Gasteiger partial charge in [0.1, 0.15) is 12.4 Å². The molecule has 2 aromatic rings. The van der Waals surface area contributed by atoms with Crippen molar-refractivity contribution >= 4 is 0 Å². The predicted molar refractivity (Wildman–Crippen MR) is 43.0 cm³/mol. The highest BCUT2D eigenvalue weighted by Crippen LogP contribution is 2.02. The molecule has 0 saturated heterocycles. The third-order valence-electron chi connectivity index (χ3n) is 1.65. The molecule has 2 heterocycles. The minimum atomic E-state index is 0.713. The van der Waals surface area contributed by atoms with Crippen molar-refractivity contribution in [3.63, 3.8) is 0 Å². The van der Waals surface area contributed by atoms with Gasteiger partial charge >= 0.3 is 5.82 Å². The van der Waals surface area contributed by atoms with E-state index in [1.807, 2.05) is 24.0 Å². The van der Waals surface area contributed by atoms with Gasteiger partial charge in [-0.05, 0) is 6.07 Å². The summed E-state index contributed by atoms with van der Waals surface area (Å²) < 4.78 is 1.94. The summed E-state index contributed by atoms with van der Waals surface area (Å²) in [6, 6.07) is 1.80. The van der Waals surface area contributed by atoms with Crippen molar-refractivity contribution in [1.29, 1.82) is 0 Å². The quantitative estimate of drug-likeness (QED) is 0.611. The number of H-pyrrole nitrogens is 1. The maximum atomic E-state index is 4.12. The zero-order valence-corrected chi connectivity index (χ0v) is 6.73. The highest BCUT2D eigenvalue weighted by Gasteiger charge is 2.11. The fourth-order valence-electron chi connectivity index (χ4n) is 1.05. The van der Waals surface area contributed by atoms with E-state index in [9.17, 15) is 0 Å². The Kier molecular flexibility index (Phi) is 1.59. The van der Waals surface area contributed by atoms with E-state index in [1.54, 1.807) is 18.5 Å². The van der Waals surface area contributed by atoms with Crippen LogP contribution in [0.25, 0.3) is 11.6 Å². The van der Waals surface area contributed by atoms with Crippen LogP contribution in [0, 0.1) is 0 Å². The van der Waals surface area contributed by atoms with Crippen molar-refractivity contribution in [3.05, 3.63) is 30.9 Å². The van der Waals surface area contributed by atoms with E-state index in [-0.39, 0.29) is 0 Å². The van der Waals surface area contributed by atoms with Gasteiger partial charge in [-0.25, -0.2) is 19.5 Å². The van der Waals surface area contributed by atoms with Crippen LogP contribution in [0.1, 0.15) is 0 Å². The molecule has 0 fully saturated rings. The van der Waals surface area contributed by atoms with Crippen molar-refractivity contribution in [1.82, 2.24) is 15.0 Å². The van der Waals surface area contributed by atoms with Crippen LogP contribution in [-0.4, -0.2) is 15.0 Å². The third-order valence-corrected chi connectivity index (χ3v) is 1.65. The number of nitrogens with one attached hydrogen (secondary N) is 1. The van der Waals surface area contributed by atoms with Gasteiger partial charge in [0.05, 0.1) is 7.05 Å². The Labute approximate surface area is 69.9 Å². The molecule has 4 nitrogen and oxygen atoms in total. The Morgan fingerprint density at radius 2 is 2.08 bits per heavy atom. The van der Waals surface area contributed by atoms with E-state index >= 15 is 0 Å². The first-order valence-corrected chi connectivity index (χ1v) is 3.68. The Balaban J connectivity index is 2.51. The minimum Gasteiger partial charge on any atom is -0.241 e. The molecule has 2 aromatic heterocycles. The molecule has 1 N–H and O–H groups in total. The molecule has 0 radical (unpaired) electrons. The van der Waals surface area contributed by atoms with Crippen LogP contribution < -0.4 is 4.57 Å². The summed E-state index contributed by atoms with van der Waals surface area (Å²) in [5.41, 5.74) is 0. The van der Waals surface area contributed by atoms with Gasteiger partial charge < -0.3 is 0 Å². The number of aromatic nitrogens is 4. The average Bonchev–Trinajstić information content (AvgIpc) is 2.53. The van der Waals surface area contributed by atoms with Gasteiger partial charge in [0.2, 0.25) is 5.82 Å². The van der Waals surface area contributed by atoms with Gasteiger partial charge in [-0.3, -0.25) is 0 Å². The first-order chi connectivity index (χ1) is 5.88. The minimum absolute atomic E-state index is 0.713. The highest BCUT2D eigenvalue weighted by molar-refractivity contribution is 5.36. The molecule has 0 aliphatic rings. The molecule has 0 bridgehead atoms. The molecule has 0 unspecified atom stereocenters. The molecule has 0 spiro atoms. The fourth-order valence-corrected chi connectivity index (χ4v) is 1.05. The smallest absolute Gasteiger partial charge is 0.241 e. The van der Waals surface area contributed by atoms with E-state index in [0.717, 1.165) is 5.82 Å². The lowest BCUT2D eigenvalue weighted by Gasteiger charge is -1.90. The molecule has 12 heavy (non-hydrogen) atoms. The lowest BCUT2D eigenvalue weighted by atomic mass is 10.5. The van der Waals surface area contributed by atoms with Crippen LogP contribution in [-0.2, 0) is 7.05 Å².